The van der Waals surface area contributed by atoms with Crippen LogP contribution in [0.2, 0.25) is 0 Å². The molecule has 0 spiro atoms. The van der Waals surface area contributed by atoms with Crippen LogP contribution in [0.4, 0.5) is 22.2 Å². The first kappa shape index (κ1) is 18.9. The van der Waals surface area contributed by atoms with Crippen molar-refractivity contribution in [2.24, 2.45) is 0 Å². The summed E-state index contributed by atoms with van der Waals surface area (Å²) in [4.78, 5) is 25.8. The normalized spacial score (nSPS) is 14.4. The third kappa shape index (κ3) is 4.89. The van der Waals surface area contributed by atoms with E-state index >= 15 is 0 Å². The van der Waals surface area contributed by atoms with Gasteiger partial charge >= 0.3 is 6.09 Å². The molecule has 1 fully saturated rings. The number of oxazole rings is 1. The van der Waals surface area contributed by atoms with Gasteiger partial charge in [-0.15, -0.1) is 5.06 Å². The monoisotopic (exact) mass is 394 g/mol. The number of nitrogens with one attached hydrogen (secondary N) is 3. The summed E-state index contributed by atoms with van der Waals surface area (Å²) in [7, 11) is 0. The lowest BCUT2D eigenvalue weighted by Crippen LogP contribution is -2.44. The molecule has 9 nitrogen and oxygen atoms in total. The molecule has 0 bridgehead atoms. The first-order valence-corrected chi connectivity index (χ1v) is 9.36. The Bertz CT molecular complexity index is 969. The minimum Gasteiger partial charge on any atom is -0.423 e. The second kappa shape index (κ2) is 8.72. The van der Waals surface area contributed by atoms with Crippen molar-refractivity contribution in [2.45, 2.75) is 6.92 Å². The Morgan fingerprint density at radius 3 is 2.90 bits per heavy atom. The molecule has 3 heterocycles. The molecule has 3 N–H and O–H groups in total. The zero-order chi connectivity index (χ0) is 20.1. The fourth-order valence-electron chi connectivity index (χ4n) is 2.92. The number of hydrogen-bond donors (Lipinski definition) is 3. The first-order chi connectivity index (χ1) is 14.2. The average molecular weight is 394 g/mol. The van der Waals surface area contributed by atoms with E-state index in [1.807, 2.05) is 37.3 Å². The number of piperazine rings is 1. The molecule has 29 heavy (non-hydrogen) atoms. The summed E-state index contributed by atoms with van der Waals surface area (Å²) >= 11 is 0. The quantitative estimate of drug-likeness (QED) is 0.606. The van der Waals surface area contributed by atoms with Crippen LogP contribution < -0.4 is 16.0 Å². The van der Waals surface area contributed by atoms with E-state index in [9.17, 15) is 4.79 Å². The predicted octanol–water partition coefficient (Wildman–Crippen LogP) is 3.16. The molecule has 4 rings (SSSR count). The number of anilines is 3. The molecule has 150 valence electrons. The number of rotatable bonds is 5. The fraction of sp³-hybridized carbons (Fsp3) is 0.250. The molecule has 1 aromatic carbocycles. The summed E-state index contributed by atoms with van der Waals surface area (Å²) in [6.45, 7) is 4.87. The van der Waals surface area contributed by atoms with Gasteiger partial charge in [0, 0.05) is 55.5 Å². The van der Waals surface area contributed by atoms with Gasteiger partial charge in [0.2, 0.25) is 0 Å². The number of carbonyl (C=O) groups excluding carboxylic acids is 1. The number of amides is 1. The molecule has 0 atom stereocenters. The standard InChI is InChI=1S/C20H22N6O3/c1-14-4-5-16(24-20(27)29-26-9-7-21-8-10-26)11-17(14)25-19-23-13-18(28-19)15-3-2-6-22-12-15/h2-6,11-13,21H,7-10H2,1H3,(H,23,25)(H,24,27). The maximum Gasteiger partial charge on any atom is 0.430 e. The largest absolute Gasteiger partial charge is 0.430 e. The molecule has 9 heteroatoms. The van der Waals surface area contributed by atoms with E-state index < -0.39 is 6.09 Å². The molecule has 0 radical (unpaired) electrons. The van der Waals surface area contributed by atoms with Crippen molar-refractivity contribution in [3.63, 3.8) is 0 Å². The maximum absolute atomic E-state index is 12.1. The first-order valence-electron chi connectivity index (χ1n) is 9.36. The summed E-state index contributed by atoms with van der Waals surface area (Å²) < 4.78 is 5.76. The van der Waals surface area contributed by atoms with Gasteiger partial charge in [0.05, 0.1) is 6.20 Å². The summed E-state index contributed by atoms with van der Waals surface area (Å²) in [6, 6.07) is 9.61. The SMILES string of the molecule is Cc1ccc(NC(=O)ON2CCNCC2)cc1Nc1ncc(-c2cccnc2)o1. The summed E-state index contributed by atoms with van der Waals surface area (Å²) in [5, 5.41) is 10.8. The summed E-state index contributed by atoms with van der Waals surface area (Å²) in [6.07, 6.45) is 4.54. The Labute approximate surface area is 168 Å². The van der Waals surface area contributed by atoms with Crippen molar-refractivity contribution in [2.75, 3.05) is 36.8 Å². The lowest BCUT2D eigenvalue weighted by Gasteiger charge is -2.25. The van der Waals surface area contributed by atoms with E-state index in [4.69, 9.17) is 9.25 Å². The van der Waals surface area contributed by atoms with Crippen molar-refractivity contribution in [3.8, 4) is 11.3 Å². The minimum absolute atomic E-state index is 0.354. The van der Waals surface area contributed by atoms with Gasteiger partial charge in [-0.1, -0.05) is 6.07 Å². The molecular weight excluding hydrogens is 372 g/mol. The Balaban J connectivity index is 1.42. The van der Waals surface area contributed by atoms with Crippen molar-refractivity contribution < 1.29 is 14.0 Å². The van der Waals surface area contributed by atoms with Gasteiger partial charge in [-0.2, -0.15) is 0 Å². The van der Waals surface area contributed by atoms with Crippen LogP contribution in [0.25, 0.3) is 11.3 Å². The topological polar surface area (TPSA) is 105 Å². The molecule has 3 aromatic rings. The van der Waals surface area contributed by atoms with Crippen LogP contribution in [0.15, 0.2) is 53.3 Å². The highest BCUT2D eigenvalue weighted by Crippen LogP contribution is 2.27. The predicted molar refractivity (Wildman–Crippen MR) is 109 cm³/mol. The van der Waals surface area contributed by atoms with Crippen molar-refractivity contribution >= 4 is 23.5 Å². The molecule has 1 amide bonds. The Morgan fingerprint density at radius 2 is 2.10 bits per heavy atom. The van der Waals surface area contributed by atoms with Gasteiger partial charge in [-0.05, 0) is 36.8 Å². The zero-order valence-corrected chi connectivity index (χ0v) is 16.0. The number of aryl methyl sites for hydroxylation is 1. The molecule has 0 saturated carbocycles. The number of benzene rings is 1. The zero-order valence-electron chi connectivity index (χ0n) is 16.0. The van der Waals surface area contributed by atoms with E-state index in [1.165, 1.54) is 0 Å². The molecule has 1 aliphatic rings. The number of pyridine rings is 1. The molecular formula is C20H22N6O3. The number of nitrogens with zero attached hydrogens (tertiary/aromatic N) is 3. The van der Waals surface area contributed by atoms with Gasteiger partial charge in [-0.3, -0.25) is 10.3 Å². The molecule has 1 saturated heterocycles. The van der Waals surface area contributed by atoms with Crippen LogP contribution in [0.5, 0.6) is 0 Å². The van der Waals surface area contributed by atoms with E-state index in [0.717, 1.165) is 29.9 Å². The maximum atomic E-state index is 12.1. The molecule has 0 unspecified atom stereocenters. The third-order valence-electron chi connectivity index (χ3n) is 4.47. The van der Waals surface area contributed by atoms with Gasteiger partial charge in [0.25, 0.3) is 6.01 Å². The Morgan fingerprint density at radius 1 is 1.24 bits per heavy atom. The Kier molecular flexibility index (Phi) is 5.68. The van der Waals surface area contributed by atoms with Crippen LogP contribution in [-0.4, -0.2) is 47.3 Å². The van der Waals surface area contributed by atoms with Crippen molar-refractivity contribution in [3.05, 3.63) is 54.5 Å². The molecule has 1 aliphatic heterocycles. The number of carbonyl (C=O) groups is 1. The highest BCUT2D eigenvalue weighted by Gasteiger charge is 2.15. The van der Waals surface area contributed by atoms with Crippen LogP contribution in [-0.2, 0) is 4.84 Å². The lowest BCUT2D eigenvalue weighted by atomic mass is 10.2. The van der Waals surface area contributed by atoms with Crippen molar-refractivity contribution in [1.29, 1.82) is 0 Å². The van der Waals surface area contributed by atoms with E-state index in [1.54, 1.807) is 23.7 Å². The number of aromatic nitrogens is 2. The lowest BCUT2D eigenvalue weighted by molar-refractivity contribution is -0.100. The van der Waals surface area contributed by atoms with Crippen molar-refractivity contribution in [1.82, 2.24) is 20.3 Å². The van der Waals surface area contributed by atoms with Crippen LogP contribution in [0, 0.1) is 6.92 Å². The Hall–Kier alpha value is -3.43. The number of hydroxylamine groups is 2. The van der Waals surface area contributed by atoms with E-state index in [2.05, 4.69) is 25.9 Å². The second-order valence-electron chi connectivity index (χ2n) is 6.61. The summed E-state index contributed by atoms with van der Waals surface area (Å²) in [5.74, 6) is 0.618. The minimum atomic E-state index is -0.517. The van der Waals surface area contributed by atoms with Gasteiger partial charge in [0.15, 0.2) is 5.76 Å². The highest BCUT2D eigenvalue weighted by molar-refractivity contribution is 5.85. The van der Waals surface area contributed by atoms with Crippen LogP contribution >= 0.6 is 0 Å². The van der Waals surface area contributed by atoms with Crippen LogP contribution in [0.3, 0.4) is 0 Å². The van der Waals surface area contributed by atoms with Gasteiger partial charge in [0.1, 0.15) is 0 Å². The van der Waals surface area contributed by atoms with Gasteiger partial charge < -0.3 is 19.9 Å². The van der Waals surface area contributed by atoms with E-state index in [-0.39, 0.29) is 0 Å². The molecule has 0 aliphatic carbocycles. The summed E-state index contributed by atoms with van der Waals surface area (Å²) in [5.41, 5.74) is 3.20. The average Bonchev–Trinajstić information content (AvgIpc) is 3.20. The smallest absolute Gasteiger partial charge is 0.423 e. The molecule has 2 aromatic heterocycles. The van der Waals surface area contributed by atoms with E-state index in [0.29, 0.717) is 30.6 Å². The third-order valence-corrected chi connectivity index (χ3v) is 4.47. The second-order valence-corrected chi connectivity index (χ2v) is 6.61. The highest BCUT2D eigenvalue weighted by atomic mass is 16.7. The number of hydrogen-bond acceptors (Lipinski definition) is 8. The van der Waals surface area contributed by atoms with Gasteiger partial charge in [-0.25, -0.2) is 9.78 Å². The fourth-order valence-corrected chi connectivity index (χ4v) is 2.92. The van der Waals surface area contributed by atoms with Crippen LogP contribution in [0.1, 0.15) is 5.56 Å².